The van der Waals surface area contributed by atoms with E-state index >= 15 is 0 Å². The van der Waals surface area contributed by atoms with Gasteiger partial charge < -0.3 is 5.73 Å². The number of halogens is 1. The predicted molar refractivity (Wildman–Crippen MR) is 75.7 cm³/mol. The van der Waals surface area contributed by atoms with Gasteiger partial charge in [-0.15, -0.1) is 0 Å². The molecule has 20 heavy (non-hydrogen) atoms. The quantitative estimate of drug-likeness (QED) is 0.837. The van der Waals surface area contributed by atoms with E-state index in [2.05, 4.69) is 4.98 Å². The summed E-state index contributed by atoms with van der Waals surface area (Å²) >= 11 is 5.76. The Morgan fingerprint density at radius 1 is 1.50 bits per heavy atom. The Morgan fingerprint density at radius 3 is 2.65 bits per heavy atom. The van der Waals surface area contributed by atoms with Crippen molar-refractivity contribution in [1.29, 1.82) is 0 Å². The SMILES string of the molecule is CN(C1CCS(=O)(=O)C1)S(=O)(=O)c1cnc(N)c(Cl)c1. The fraction of sp³-hybridized carbons (Fsp3) is 0.500. The molecule has 0 spiro atoms. The minimum absolute atomic E-state index is 0.00172. The zero-order chi connectivity index (χ0) is 15.1. The molecule has 10 heteroatoms. The van der Waals surface area contributed by atoms with E-state index in [1.165, 1.54) is 13.1 Å². The van der Waals surface area contributed by atoms with Crippen molar-refractivity contribution >= 4 is 37.3 Å². The average molecular weight is 340 g/mol. The van der Waals surface area contributed by atoms with Gasteiger partial charge in [0.05, 0.1) is 16.5 Å². The molecule has 112 valence electrons. The van der Waals surface area contributed by atoms with E-state index < -0.39 is 25.9 Å². The number of nitrogens with two attached hydrogens (primary N) is 1. The minimum Gasteiger partial charge on any atom is -0.382 e. The van der Waals surface area contributed by atoms with Crippen LogP contribution in [0.3, 0.4) is 0 Å². The van der Waals surface area contributed by atoms with Gasteiger partial charge in [0.2, 0.25) is 10.0 Å². The van der Waals surface area contributed by atoms with Crippen molar-refractivity contribution in [3.63, 3.8) is 0 Å². The molecule has 1 fully saturated rings. The van der Waals surface area contributed by atoms with Gasteiger partial charge in [-0.05, 0) is 12.5 Å². The highest BCUT2D eigenvalue weighted by Gasteiger charge is 2.36. The Balaban J connectivity index is 2.32. The van der Waals surface area contributed by atoms with Crippen LogP contribution in [0.5, 0.6) is 0 Å². The summed E-state index contributed by atoms with van der Waals surface area (Å²) in [7, 11) is -5.66. The third kappa shape index (κ3) is 2.90. The summed E-state index contributed by atoms with van der Waals surface area (Å²) in [5.74, 6) is -0.131. The van der Waals surface area contributed by atoms with Crippen LogP contribution in [-0.2, 0) is 19.9 Å². The molecule has 1 aromatic heterocycles. The second kappa shape index (κ2) is 5.14. The Kier molecular flexibility index (Phi) is 3.98. The fourth-order valence-electron chi connectivity index (χ4n) is 2.00. The summed E-state index contributed by atoms with van der Waals surface area (Å²) in [5.41, 5.74) is 5.43. The molecule has 1 saturated heterocycles. The van der Waals surface area contributed by atoms with Gasteiger partial charge in [0.25, 0.3) is 0 Å². The van der Waals surface area contributed by atoms with Crippen molar-refractivity contribution < 1.29 is 16.8 Å². The number of nitrogens with zero attached hydrogens (tertiary/aromatic N) is 2. The molecule has 0 aromatic carbocycles. The number of sulfonamides is 1. The first kappa shape index (κ1) is 15.5. The third-order valence-electron chi connectivity index (χ3n) is 3.24. The number of hydrogen-bond donors (Lipinski definition) is 1. The van der Waals surface area contributed by atoms with Crippen molar-refractivity contribution in [3.8, 4) is 0 Å². The summed E-state index contributed by atoms with van der Waals surface area (Å²) in [5, 5.41) is 0.0403. The van der Waals surface area contributed by atoms with Crippen LogP contribution >= 0.6 is 11.6 Å². The Morgan fingerprint density at radius 2 is 2.15 bits per heavy atom. The number of nitrogen functional groups attached to an aromatic ring is 1. The van der Waals surface area contributed by atoms with Crippen molar-refractivity contribution in [3.05, 3.63) is 17.3 Å². The predicted octanol–water partition coefficient (Wildman–Crippen LogP) is 0.125. The van der Waals surface area contributed by atoms with Gasteiger partial charge in [-0.2, -0.15) is 4.31 Å². The van der Waals surface area contributed by atoms with Crippen molar-refractivity contribution in [2.75, 3.05) is 24.3 Å². The topological polar surface area (TPSA) is 110 Å². The lowest BCUT2D eigenvalue weighted by Crippen LogP contribution is -2.37. The molecular formula is C10H14ClN3O4S2. The van der Waals surface area contributed by atoms with Gasteiger partial charge in [-0.3, -0.25) is 0 Å². The maximum absolute atomic E-state index is 12.4. The van der Waals surface area contributed by atoms with Crippen LogP contribution < -0.4 is 5.73 Å². The largest absolute Gasteiger partial charge is 0.382 e. The van der Waals surface area contributed by atoms with E-state index in [-0.39, 0.29) is 33.7 Å². The van der Waals surface area contributed by atoms with E-state index in [1.807, 2.05) is 0 Å². The first-order valence-electron chi connectivity index (χ1n) is 5.73. The second-order valence-electron chi connectivity index (χ2n) is 4.62. The molecule has 2 heterocycles. The van der Waals surface area contributed by atoms with Crippen LogP contribution in [0, 0.1) is 0 Å². The maximum Gasteiger partial charge on any atom is 0.244 e. The van der Waals surface area contributed by atoms with E-state index in [4.69, 9.17) is 17.3 Å². The summed E-state index contributed by atoms with van der Waals surface area (Å²) in [6, 6.07) is 0.639. The normalized spacial score (nSPS) is 22.2. The van der Waals surface area contributed by atoms with E-state index in [1.54, 1.807) is 0 Å². The monoisotopic (exact) mass is 339 g/mol. The average Bonchev–Trinajstić information content (AvgIpc) is 2.72. The molecule has 1 unspecified atom stereocenters. The first-order chi connectivity index (χ1) is 9.13. The number of pyridine rings is 1. The summed E-state index contributed by atoms with van der Waals surface area (Å²) in [4.78, 5) is 3.60. The van der Waals surface area contributed by atoms with Crippen molar-refractivity contribution in [2.45, 2.75) is 17.4 Å². The van der Waals surface area contributed by atoms with E-state index in [0.717, 1.165) is 10.5 Å². The maximum atomic E-state index is 12.4. The zero-order valence-electron chi connectivity index (χ0n) is 10.7. The highest BCUT2D eigenvalue weighted by Crippen LogP contribution is 2.26. The number of anilines is 1. The number of aromatic nitrogens is 1. The summed E-state index contributed by atoms with van der Waals surface area (Å²) < 4.78 is 48.7. The molecule has 2 rings (SSSR count). The minimum atomic E-state index is -3.85. The van der Waals surface area contributed by atoms with Crippen LogP contribution in [0.15, 0.2) is 17.2 Å². The third-order valence-corrected chi connectivity index (χ3v) is 7.17. The standard InChI is InChI=1S/C10H14ClN3O4S2/c1-14(7-2-3-19(15,16)6-7)20(17,18)8-4-9(11)10(12)13-5-8/h4-5,7H,2-3,6H2,1H3,(H2,12,13). The zero-order valence-corrected chi connectivity index (χ0v) is 13.0. The van der Waals surface area contributed by atoms with Crippen LogP contribution in [0.4, 0.5) is 5.82 Å². The smallest absolute Gasteiger partial charge is 0.244 e. The van der Waals surface area contributed by atoms with Gasteiger partial charge >= 0.3 is 0 Å². The highest BCUT2D eigenvalue weighted by molar-refractivity contribution is 7.92. The van der Waals surface area contributed by atoms with E-state index in [9.17, 15) is 16.8 Å². The molecule has 1 aromatic rings. The fourth-order valence-corrected chi connectivity index (χ4v) is 5.45. The first-order valence-corrected chi connectivity index (χ1v) is 9.37. The number of hydrogen-bond acceptors (Lipinski definition) is 6. The van der Waals surface area contributed by atoms with Gasteiger partial charge in [0.15, 0.2) is 9.84 Å². The molecule has 0 bridgehead atoms. The Hall–Kier alpha value is -0.900. The highest BCUT2D eigenvalue weighted by atomic mass is 35.5. The van der Waals surface area contributed by atoms with Gasteiger partial charge in [-0.25, -0.2) is 21.8 Å². The van der Waals surface area contributed by atoms with Crippen molar-refractivity contribution in [2.24, 2.45) is 0 Å². The van der Waals surface area contributed by atoms with Gasteiger partial charge in [0.1, 0.15) is 10.7 Å². The molecule has 7 nitrogen and oxygen atoms in total. The molecule has 1 atom stereocenters. The second-order valence-corrected chi connectivity index (χ2v) is 9.25. The number of rotatable bonds is 3. The van der Waals surface area contributed by atoms with Crippen molar-refractivity contribution in [1.82, 2.24) is 9.29 Å². The lowest BCUT2D eigenvalue weighted by molar-refractivity contribution is 0.394. The molecule has 1 aliphatic heterocycles. The van der Waals surface area contributed by atoms with Gasteiger partial charge in [0, 0.05) is 19.3 Å². The molecule has 0 saturated carbocycles. The summed E-state index contributed by atoms with van der Waals surface area (Å²) in [6.45, 7) is 0. The molecule has 0 aliphatic carbocycles. The van der Waals surface area contributed by atoms with Crippen LogP contribution in [0.1, 0.15) is 6.42 Å². The molecule has 1 aliphatic rings. The Labute approximate surface area is 122 Å². The molecular weight excluding hydrogens is 326 g/mol. The van der Waals surface area contributed by atoms with Crippen LogP contribution in [0.2, 0.25) is 5.02 Å². The van der Waals surface area contributed by atoms with Crippen LogP contribution in [0.25, 0.3) is 0 Å². The Bertz CT molecular complexity index is 733. The lowest BCUT2D eigenvalue weighted by atomic mass is 10.3. The molecule has 2 N–H and O–H groups in total. The summed E-state index contributed by atoms with van der Waals surface area (Å²) in [6.07, 6.45) is 1.39. The lowest BCUT2D eigenvalue weighted by Gasteiger charge is -2.22. The molecule has 0 radical (unpaired) electrons. The number of sulfone groups is 1. The van der Waals surface area contributed by atoms with E-state index in [0.29, 0.717) is 0 Å². The van der Waals surface area contributed by atoms with Gasteiger partial charge in [-0.1, -0.05) is 11.6 Å². The molecule has 0 amide bonds. The van der Waals surface area contributed by atoms with Crippen LogP contribution in [-0.4, -0.2) is 50.7 Å².